The zero-order chi connectivity index (χ0) is 13.4. The van der Waals surface area contributed by atoms with E-state index in [4.69, 9.17) is 5.11 Å². The Labute approximate surface area is 125 Å². The maximum atomic E-state index is 12.1. The zero-order valence-corrected chi connectivity index (χ0v) is 12.4. The molecule has 0 bridgehead atoms. The summed E-state index contributed by atoms with van der Waals surface area (Å²) in [6.07, 6.45) is 6.49. The Balaban J connectivity index is 0.00000147. The third kappa shape index (κ3) is 3.64. The summed E-state index contributed by atoms with van der Waals surface area (Å²) in [4.78, 5) is 25.0. The van der Waals surface area contributed by atoms with Crippen LogP contribution >= 0.6 is 12.4 Å². The fourth-order valence-electron chi connectivity index (χ4n) is 3.24. The Kier molecular flexibility index (Phi) is 4.91. The number of hydrogen-bond donors (Lipinski definition) is 2. The van der Waals surface area contributed by atoms with Crippen molar-refractivity contribution in [1.82, 2.24) is 10.2 Å². The summed E-state index contributed by atoms with van der Waals surface area (Å²) in [5.41, 5.74) is 0. The van der Waals surface area contributed by atoms with Crippen LogP contribution in [-0.4, -0.2) is 47.1 Å². The van der Waals surface area contributed by atoms with Gasteiger partial charge >= 0.3 is 5.97 Å². The van der Waals surface area contributed by atoms with E-state index in [1.165, 1.54) is 25.7 Å². The molecule has 114 valence electrons. The lowest BCUT2D eigenvalue weighted by molar-refractivity contribution is -0.142. The van der Waals surface area contributed by atoms with Crippen LogP contribution in [0.5, 0.6) is 0 Å². The smallest absolute Gasteiger partial charge is 0.320 e. The van der Waals surface area contributed by atoms with Crippen molar-refractivity contribution in [3.05, 3.63) is 0 Å². The van der Waals surface area contributed by atoms with Gasteiger partial charge in [0, 0.05) is 6.04 Å². The topological polar surface area (TPSA) is 69.6 Å². The lowest BCUT2D eigenvalue weighted by atomic mass is 10.1. The van der Waals surface area contributed by atoms with Gasteiger partial charge in [0.1, 0.15) is 6.04 Å². The van der Waals surface area contributed by atoms with Crippen LogP contribution < -0.4 is 5.32 Å². The van der Waals surface area contributed by atoms with Crippen LogP contribution in [0.1, 0.15) is 38.5 Å². The molecule has 2 aliphatic carbocycles. The highest BCUT2D eigenvalue weighted by Crippen LogP contribution is 2.44. The number of carboxylic acids is 1. The second-order valence-electron chi connectivity index (χ2n) is 6.23. The zero-order valence-electron chi connectivity index (χ0n) is 11.6. The van der Waals surface area contributed by atoms with Gasteiger partial charge < -0.3 is 10.4 Å². The highest BCUT2D eigenvalue weighted by molar-refractivity contribution is 5.85. The normalized spacial score (nSPS) is 26.4. The quantitative estimate of drug-likeness (QED) is 0.775. The molecule has 0 aromatic heterocycles. The van der Waals surface area contributed by atoms with Gasteiger partial charge in [-0.05, 0) is 56.9 Å². The second kappa shape index (κ2) is 6.31. The Morgan fingerprint density at radius 2 is 1.75 bits per heavy atom. The highest BCUT2D eigenvalue weighted by Gasteiger charge is 2.42. The average Bonchev–Trinajstić information content (AvgIpc) is 3.26. The van der Waals surface area contributed by atoms with E-state index in [0.29, 0.717) is 24.3 Å². The molecule has 0 radical (unpaired) electrons. The number of rotatable bonds is 6. The molecular formula is C14H23ClN2O3. The largest absolute Gasteiger partial charge is 0.480 e. The van der Waals surface area contributed by atoms with Crippen LogP contribution in [0.2, 0.25) is 0 Å². The van der Waals surface area contributed by atoms with E-state index in [9.17, 15) is 9.59 Å². The minimum atomic E-state index is -0.800. The summed E-state index contributed by atoms with van der Waals surface area (Å²) < 4.78 is 0. The van der Waals surface area contributed by atoms with E-state index in [-0.39, 0.29) is 24.9 Å². The second-order valence-corrected chi connectivity index (χ2v) is 6.23. The number of halogens is 1. The van der Waals surface area contributed by atoms with Gasteiger partial charge in [0.25, 0.3) is 0 Å². The molecule has 5 nitrogen and oxygen atoms in total. The molecule has 6 heteroatoms. The van der Waals surface area contributed by atoms with Crippen LogP contribution in [0.4, 0.5) is 0 Å². The molecule has 2 saturated carbocycles. The monoisotopic (exact) mass is 302 g/mol. The predicted molar refractivity (Wildman–Crippen MR) is 76.9 cm³/mol. The maximum Gasteiger partial charge on any atom is 0.320 e. The molecule has 0 spiro atoms. The van der Waals surface area contributed by atoms with E-state index >= 15 is 0 Å². The molecule has 20 heavy (non-hydrogen) atoms. The van der Waals surface area contributed by atoms with Gasteiger partial charge in [-0.2, -0.15) is 0 Å². The molecule has 3 fully saturated rings. The third-order valence-electron chi connectivity index (χ3n) is 4.58. The lowest BCUT2D eigenvalue weighted by Gasteiger charge is -2.23. The first-order valence-electron chi connectivity index (χ1n) is 7.41. The predicted octanol–water partition coefficient (Wildman–Crippen LogP) is 1.26. The van der Waals surface area contributed by atoms with Gasteiger partial charge in [-0.3, -0.25) is 14.5 Å². The molecule has 3 rings (SSSR count). The first-order chi connectivity index (χ1) is 9.15. The summed E-state index contributed by atoms with van der Waals surface area (Å²) in [6, 6.07) is -0.107. The standard InChI is InChI=1S/C14H22N2O3.ClH/c17-12(8-16-7-1-2-11(16)14(18)19)15-13(9-3-4-9)10-5-6-10;/h9-11,13H,1-8H2,(H,15,17)(H,18,19);1H. The average molecular weight is 303 g/mol. The summed E-state index contributed by atoms with van der Waals surface area (Å²) in [7, 11) is 0. The van der Waals surface area contributed by atoms with Gasteiger partial charge in [-0.15, -0.1) is 12.4 Å². The molecule has 1 atom stereocenters. The van der Waals surface area contributed by atoms with Gasteiger partial charge in [0.2, 0.25) is 5.91 Å². The molecule has 1 unspecified atom stereocenters. The first-order valence-corrected chi connectivity index (χ1v) is 7.41. The number of nitrogens with one attached hydrogen (secondary N) is 1. The highest BCUT2D eigenvalue weighted by atomic mass is 35.5. The number of carbonyl (C=O) groups excluding carboxylic acids is 1. The van der Waals surface area contributed by atoms with E-state index in [1.807, 2.05) is 0 Å². The fraction of sp³-hybridized carbons (Fsp3) is 0.857. The van der Waals surface area contributed by atoms with Crippen molar-refractivity contribution in [2.45, 2.75) is 50.6 Å². The van der Waals surface area contributed by atoms with Gasteiger partial charge in [0.15, 0.2) is 0 Å². The molecule has 1 saturated heterocycles. The molecule has 0 aromatic rings. The minimum absolute atomic E-state index is 0. The SMILES string of the molecule is Cl.O=C(CN1CCCC1C(=O)O)NC(C1CC1)C1CC1. The van der Waals surface area contributed by atoms with E-state index in [1.54, 1.807) is 4.90 Å². The van der Waals surface area contributed by atoms with Crippen molar-refractivity contribution in [3.8, 4) is 0 Å². The van der Waals surface area contributed by atoms with E-state index < -0.39 is 12.0 Å². The van der Waals surface area contributed by atoms with Crippen LogP contribution in [0.3, 0.4) is 0 Å². The Hall–Kier alpha value is -0.810. The van der Waals surface area contributed by atoms with Crippen molar-refractivity contribution in [2.75, 3.05) is 13.1 Å². The van der Waals surface area contributed by atoms with Crippen LogP contribution in [0.25, 0.3) is 0 Å². The van der Waals surface area contributed by atoms with Gasteiger partial charge in [-0.1, -0.05) is 0 Å². The number of carboxylic acid groups (broad SMARTS) is 1. The molecule has 1 aliphatic heterocycles. The molecule has 3 aliphatic rings. The number of nitrogens with zero attached hydrogens (tertiary/aromatic N) is 1. The van der Waals surface area contributed by atoms with Crippen molar-refractivity contribution >= 4 is 24.3 Å². The van der Waals surface area contributed by atoms with E-state index in [0.717, 1.165) is 13.0 Å². The van der Waals surface area contributed by atoms with Crippen LogP contribution in [0.15, 0.2) is 0 Å². The number of hydrogen-bond acceptors (Lipinski definition) is 3. The fourth-order valence-corrected chi connectivity index (χ4v) is 3.24. The Morgan fingerprint density at radius 1 is 1.15 bits per heavy atom. The number of aliphatic carboxylic acids is 1. The summed E-state index contributed by atoms with van der Waals surface area (Å²) >= 11 is 0. The molecule has 1 amide bonds. The van der Waals surface area contributed by atoms with Crippen LogP contribution in [0, 0.1) is 11.8 Å². The van der Waals surface area contributed by atoms with Crippen molar-refractivity contribution in [3.63, 3.8) is 0 Å². The van der Waals surface area contributed by atoms with Crippen molar-refractivity contribution in [2.24, 2.45) is 11.8 Å². The summed E-state index contributed by atoms with van der Waals surface area (Å²) in [5.74, 6) is 0.582. The Bertz CT molecular complexity index is 371. The van der Waals surface area contributed by atoms with Crippen molar-refractivity contribution < 1.29 is 14.7 Å². The van der Waals surface area contributed by atoms with Crippen molar-refractivity contribution in [1.29, 1.82) is 0 Å². The molecular weight excluding hydrogens is 280 g/mol. The number of likely N-dealkylation sites (tertiary alicyclic amines) is 1. The lowest BCUT2D eigenvalue weighted by Crippen LogP contribution is -2.46. The van der Waals surface area contributed by atoms with E-state index in [2.05, 4.69) is 5.32 Å². The van der Waals surface area contributed by atoms with Gasteiger partial charge in [-0.25, -0.2) is 0 Å². The number of carbonyl (C=O) groups is 2. The molecule has 0 aromatic carbocycles. The first kappa shape index (κ1) is 15.6. The third-order valence-corrected chi connectivity index (χ3v) is 4.58. The maximum absolute atomic E-state index is 12.1. The minimum Gasteiger partial charge on any atom is -0.480 e. The Morgan fingerprint density at radius 3 is 2.25 bits per heavy atom. The van der Waals surface area contributed by atoms with Crippen LogP contribution in [-0.2, 0) is 9.59 Å². The summed E-state index contributed by atoms with van der Waals surface area (Å²) in [6.45, 7) is 0.967. The summed E-state index contributed by atoms with van der Waals surface area (Å²) in [5, 5.41) is 12.3. The molecule has 1 heterocycles. The van der Waals surface area contributed by atoms with Gasteiger partial charge in [0.05, 0.1) is 6.54 Å². The number of amides is 1. The molecule has 2 N–H and O–H groups in total.